The third-order valence-corrected chi connectivity index (χ3v) is 6.95. The molecule has 2 fully saturated rings. The van der Waals surface area contributed by atoms with Gasteiger partial charge < -0.3 is 15.0 Å². The maximum Gasteiger partial charge on any atom is 0.178 e. The Morgan fingerprint density at radius 3 is 2.75 bits per heavy atom. The van der Waals surface area contributed by atoms with Crippen LogP contribution in [0.5, 0.6) is 5.75 Å². The maximum atomic E-state index is 5.79. The van der Waals surface area contributed by atoms with Gasteiger partial charge in [0.2, 0.25) is 0 Å². The molecule has 0 aromatic carbocycles. The third kappa shape index (κ3) is 3.47. The molecule has 168 valence electrons. The predicted molar refractivity (Wildman–Crippen MR) is 128 cm³/mol. The minimum atomic E-state index is 0. The van der Waals surface area contributed by atoms with Crippen molar-refractivity contribution in [3.8, 4) is 16.9 Å². The summed E-state index contributed by atoms with van der Waals surface area (Å²) >= 11 is 0. The van der Waals surface area contributed by atoms with Gasteiger partial charge in [0.15, 0.2) is 5.65 Å². The molecular formula is C23H28ClN7O. The van der Waals surface area contributed by atoms with Crippen LogP contribution >= 0.6 is 12.4 Å². The van der Waals surface area contributed by atoms with E-state index in [2.05, 4.69) is 43.7 Å². The molecule has 2 saturated heterocycles. The van der Waals surface area contributed by atoms with E-state index in [0.29, 0.717) is 12.0 Å². The van der Waals surface area contributed by atoms with E-state index in [9.17, 15) is 0 Å². The van der Waals surface area contributed by atoms with Crippen molar-refractivity contribution >= 4 is 34.8 Å². The molecular weight excluding hydrogens is 426 g/mol. The number of ether oxygens (including phenoxy) is 1. The molecule has 0 bridgehead atoms. The number of hydrogen-bond acceptors (Lipinski definition) is 6. The highest BCUT2D eigenvalue weighted by molar-refractivity contribution is 6.00. The van der Waals surface area contributed by atoms with Crippen LogP contribution in [0.25, 0.3) is 27.7 Å². The molecule has 9 heteroatoms. The summed E-state index contributed by atoms with van der Waals surface area (Å²) in [5.41, 5.74) is 4.38. The second kappa shape index (κ2) is 8.26. The summed E-state index contributed by atoms with van der Waals surface area (Å²) in [5, 5.41) is 16.3. The molecule has 6 heterocycles. The Balaban J connectivity index is 0.00000216. The summed E-state index contributed by atoms with van der Waals surface area (Å²) in [6.45, 7) is 7.09. The largest absolute Gasteiger partial charge is 0.492 e. The summed E-state index contributed by atoms with van der Waals surface area (Å²) in [5.74, 6) is 1.85. The normalized spacial score (nSPS) is 17.8. The Morgan fingerprint density at radius 1 is 1.16 bits per heavy atom. The quantitative estimate of drug-likeness (QED) is 0.490. The Labute approximate surface area is 192 Å². The molecule has 6 rings (SSSR count). The minimum absolute atomic E-state index is 0. The average Bonchev–Trinajstić information content (AvgIpc) is 3.51. The van der Waals surface area contributed by atoms with Gasteiger partial charge in [0.05, 0.1) is 29.9 Å². The standard InChI is InChI=1S/C23H27N7O.ClH/c1-2-31-17-11-18(21-19-13-26-27-22(19)28-30(21)14-17)16-3-4-20(25-12-16)29-9-6-23(7-10-29)5-8-24-15-23;/h3-4,11-14,24H,2,5-10,15H2,1H3,(H,27,28);1H. The zero-order chi connectivity index (χ0) is 20.8. The first-order chi connectivity index (χ1) is 15.2. The van der Waals surface area contributed by atoms with E-state index in [-0.39, 0.29) is 12.4 Å². The van der Waals surface area contributed by atoms with Crippen LogP contribution in [0.4, 0.5) is 5.82 Å². The lowest BCUT2D eigenvalue weighted by atomic mass is 9.78. The molecule has 0 saturated carbocycles. The highest BCUT2D eigenvalue weighted by Crippen LogP contribution is 2.38. The molecule has 0 radical (unpaired) electrons. The van der Waals surface area contributed by atoms with Crippen molar-refractivity contribution in [1.29, 1.82) is 0 Å². The average molecular weight is 454 g/mol. The van der Waals surface area contributed by atoms with Gasteiger partial charge in [-0.2, -0.15) is 5.10 Å². The SMILES string of the molecule is CCOc1cc(-c2ccc(N3CCC4(CCNC4)CC3)nc2)c2c3cn[nH]c3nn2c1.Cl. The van der Waals surface area contributed by atoms with Crippen molar-refractivity contribution < 1.29 is 4.74 Å². The monoisotopic (exact) mass is 453 g/mol. The van der Waals surface area contributed by atoms with Crippen LogP contribution in [0.2, 0.25) is 0 Å². The van der Waals surface area contributed by atoms with Crippen molar-refractivity contribution in [2.45, 2.75) is 26.2 Å². The smallest absolute Gasteiger partial charge is 0.178 e. The van der Waals surface area contributed by atoms with E-state index in [1.54, 1.807) is 0 Å². The number of aromatic nitrogens is 5. The second-order valence-corrected chi connectivity index (χ2v) is 8.77. The number of hydrogen-bond donors (Lipinski definition) is 2. The van der Waals surface area contributed by atoms with Gasteiger partial charge in [0, 0.05) is 37.0 Å². The van der Waals surface area contributed by atoms with Gasteiger partial charge in [-0.05, 0) is 56.3 Å². The zero-order valence-corrected chi connectivity index (χ0v) is 19.0. The molecule has 0 aliphatic carbocycles. The topological polar surface area (TPSA) is 83.4 Å². The van der Waals surface area contributed by atoms with Crippen LogP contribution in [0.1, 0.15) is 26.2 Å². The Bertz CT molecular complexity index is 1220. The molecule has 0 atom stereocenters. The molecule has 2 aliphatic rings. The minimum Gasteiger partial charge on any atom is -0.492 e. The van der Waals surface area contributed by atoms with Crippen LogP contribution in [-0.2, 0) is 0 Å². The highest BCUT2D eigenvalue weighted by Gasteiger charge is 2.37. The first-order valence-electron chi connectivity index (χ1n) is 11.2. The first kappa shape index (κ1) is 21.0. The van der Waals surface area contributed by atoms with E-state index in [0.717, 1.165) is 52.3 Å². The van der Waals surface area contributed by atoms with Crippen LogP contribution in [0, 0.1) is 5.41 Å². The first-order valence-corrected chi connectivity index (χ1v) is 11.2. The van der Waals surface area contributed by atoms with Crippen molar-refractivity contribution in [3.63, 3.8) is 0 Å². The number of rotatable bonds is 4. The molecule has 4 aromatic rings. The number of piperidine rings is 1. The Morgan fingerprint density at radius 2 is 2.03 bits per heavy atom. The number of nitrogens with zero attached hydrogens (tertiary/aromatic N) is 5. The van der Waals surface area contributed by atoms with Crippen molar-refractivity contribution in [2.24, 2.45) is 5.41 Å². The second-order valence-electron chi connectivity index (χ2n) is 8.77. The number of nitrogens with one attached hydrogen (secondary N) is 2. The van der Waals surface area contributed by atoms with Crippen LogP contribution in [0.3, 0.4) is 0 Å². The summed E-state index contributed by atoms with van der Waals surface area (Å²) in [7, 11) is 0. The van der Waals surface area contributed by atoms with E-state index in [4.69, 9.17) is 9.72 Å². The highest BCUT2D eigenvalue weighted by atomic mass is 35.5. The lowest BCUT2D eigenvalue weighted by Gasteiger charge is -2.39. The molecule has 1 spiro atoms. The Hall–Kier alpha value is -2.84. The fraction of sp³-hybridized carbons (Fsp3) is 0.435. The third-order valence-electron chi connectivity index (χ3n) is 6.95. The summed E-state index contributed by atoms with van der Waals surface area (Å²) in [4.78, 5) is 7.27. The number of pyridine rings is 2. The molecule has 0 unspecified atom stereocenters. The van der Waals surface area contributed by atoms with Gasteiger partial charge in [-0.25, -0.2) is 9.50 Å². The van der Waals surface area contributed by atoms with E-state index in [1.807, 2.05) is 30.0 Å². The molecule has 4 aromatic heterocycles. The van der Waals surface area contributed by atoms with Gasteiger partial charge in [-0.3, -0.25) is 5.10 Å². The molecule has 2 N–H and O–H groups in total. The molecule has 0 amide bonds. The van der Waals surface area contributed by atoms with Crippen molar-refractivity contribution in [1.82, 2.24) is 30.1 Å². The van der Waals surface area contributed by atoms with Crippen LogP contribution in [-0.4, -0.2) is 57.6 Å². The van der Waals surface area contributed by atoms with Gasteiger partial charge in [-0.15, -0.1) is 17.5 Å². The van der Waals surface area contributed by atoms with Gasteiger partial charge >= 0.3 is 0 Å². The maximum absolute atomic E-state index is 5.79. The number of aromatic amines is 1. The summed E-state index contributed by atoms with van der Waals surface area (Å²) in [6, 6.07) is 6.38. The molecule has 2 aliphatic heterocycles. The van der Waals surface area contributed by atoms with Crippen molar-refractivity contribution in [2.75, 3.05) is 37.7 Å². The number of halogens is 1. The molecule has 32 heavy (non-hydrogen) atoms. The number of H-pyrrole nitrogens is 1. The van der Waals surface area contributed by atoms with Gasteiger partial charge in [0.25, 0.3) is 0 Å². The summed E-state index contributed by atoms with van der Waals surface area (Å²) < 4.78 is 7.66. The van der Waals surface area contributed by atoms with Gasteiger partial charge in [0.1, 0.15) is 11.6 Å². The number of anilines is 1. The van der Waals surface area contributed by atoms with E-state index >= 15 is 0 Å². The fourth-order valence-corrected chi connectivity index (χ4v) is 5.17. The van der Waals surface area contributed by atoms with E-state index < -0.39 is 0 Å². The number of fused-ring (bicyclic) bond motifs is 3. The van der Waals surface area contributed by atoms with Gasteiger partial charge in [-0.1, -0.05) is 0 Å². The zero-order valence-electron chi connectivity index (χ0n) is 18.2. The predicted octanol–water partition coefficient (Wildman–Crippen LogP) is 3.67. The lowest BCUT2D eigenvalue weighted by Crippen LogP contribution is -2.41. The van der Waals surface area contributed by atoms with Crippen LogP contribution in [0.15, 0.2) is 36.8 Å². The molecule has 8 nitrogen and oxygen atoms in total. The lowest BCUT2D eigenvalue weighted by molar-refractivity contribution is 0.247. The fourth-order valence-electron chi connectivity index (χ4n) is 5.17. The Kier molecular flexibility index (Phi) is 5.43. The summed E-state index contributed by atoms with van der Waals surface area (Å²) in [6.07, 6.45) is 9.52. The van der Waals surface area contributed by atoms with Crippen LogP contribution < -0.4 is 15.0 Å². The van der Waals surface area contributed by atoms with E-state index in [1.165, 1.54) is 32.4 Å². The van der Waals surface area contributed by atoms with Crippen molar-refractivity contribution in [3.05, 3.63) is 36.8 Å².